The van der Waals surface area contributed by atoms with E-state index < -0.39 is 0 Å². The number of benzene rings is 3. The summed E-state index contributed by atoms with van der Waals surface area (Å²) >= 11 is 1.46. The molecule has 0 unspecified atom stereocenters. The van der Waals surface area contributed by atoms with E-state index in [9.17, 15) is 0 Å². The normalized spacial score (nSPS) is 12.3. The summed E-state index contributed by atoms with van der Waals surface area (Å²) in [5.41, 5.74) is 5.46. The fourth-order valence-corrected chi connectivity index (χ4v) is 4.19. The second-order valence-corrected chi connectivity index (χ2v) is 8.03. The van der Waals surface area contributed by atoms with Crippen molar-refractivity contribution in [3.63, 3.8) is 0 Å². The van der Waals surface area contributed by atoms with E-state index in [1.807, 2.05) is 0 Å². The van der Waals surface area contributed by atoms with Crippen molar-refractivity contribution in [1.29, 1.82) is 0 Å². The number of hydrogen-bond donors (Lipinski definition) is 0. The molecule has 0 heterocycles. The van der Waals surface area contributed by atoms with Gasteiger partial charge in [-0.05, 0) is 6.42 Å². The van der Waals surface area contributed by atoms with Crippen molar-refractivity contribution in [1.82, 2.24) is 0 Å². The van der Waals surface area contributed by atoms with E-state index in [0.717, 1.165) is 6.42 Å². The summed E-state index contributed by atoms with van der Waals surface area (Å²) in [5.74, 6) is 0. The van der Waals surface area contributed by atoms with Crippen LogP contribution in [0.25, 0.3) is 16.3 Å². The Labute approximate surface area is 181 Å². The zero-order valence-corrected chi connectivity index (χ0v) is 18.1. The van der Waals surface area contributed by atoms with E-state index in [2.05, 4.69) is 115 Å². The van der Waals surface area contributed by atoms with Gasteiger partial charge in [-0.1, -0.05) is 36.4 Å². The fraction of sp³-hybridized carbons (Fsp3) is 0.0370. The molecule has 0 aliphatic heterocycles. The molecule has 5 rings (SSSR count). The Kier molecular flexibility index (Phi) is 6.15. The van der Waals surface area contributed by atoms with Crippen molar-refractivity contribution in [2.45, 2.75) is 6.42 Å². The van der Waals surface area contributed by atoms with Crippen LogP contribution < -0.4 is 0 Å². The van der Waals surface area contributed by atoms with E-state index >= 15 is 0 Å². The van der Waals surface area contributed by atoms with Crippen LogP contribution >= 0.6 is 0 Å². The van der Waals surface area contributed by atoms with Crippen LogP contribution in [0.5, 0.6) is 0 Å². The van der Waals surface area contributed by atoms with Gasteiger partial charge in [0.2, 0.25) is 0 Å². The zero-order valence-electron chi connectivity index (χ0n) is 15.7. The van der Waals surface area contributed by atoms with Gasteiger partial charge in [0, 0.05) is 0 Å². The summed E-state index contributed by atoms with van der Waals surface area (Å²) in [5, 5.41) is 2.69. The average Bonchev–Trinajstić information content (AvgIpc) is 3.44. The minimum atomic E-state index is 1.08. The molecular formula is C27H21Zr-. The summed E-state index contributed by atoms with van der Waals surface area (Å²) in [6.07, 6.45) is 7.62. The second-order valence-electron chi connectivity index (χ2n) is 6.80. The Morgan fingerprint density at radius 1 is 0.750 bits per heavy atom. The van der Waals surface area contributed by atoms with E-state index in [4.69, 9.17) is 0 Å². The van der Waals surface area contributed by atoms with Crippen LogP contribution in [0.2, 0.25) is 0 Å². The van der Waals surface area contributed by atoms with Gasteiger partial charge in [-0.3, -0.25) is 0 Å². The van der Waals surface area contributed by atoms with Crippen LogP contribution in [0, 0.1) is 0 Å². The second kappa shape index (κ2) is 9.13. The molecule has 1 heteroatoms. The van der Waals surface area contributed by atoms with Crippen LogP contribution in [-0.2, 0) is 24.2 Å². The Morgan fingerprint density at radius 3 is 1.93 bits per heavy atom. The summed E-state index contributed by atoms with van der Waals surface area (Å²) in [6.45, 7) is 0. The van der Waals surface area contributed by atoms with E-state index in [1.165, 1.54) is 60.5 Å². The predicted octanol–water partition coefficient (Wildman–Crippen LogP) is 6.70. The van der Waals surface area contributed by atoms with Crippen molar-refractivity contribution in [3.8, 4) is 0 Å². The molecule has 4 aromatic carbocycles. The van der Waals surface area contributed by atoms with E-state index in [0.29, 0.717) is 0 Å². The molecule has 1 aliphatic rings. The van der Waals surface area contributed by atoms with Crippen LogP contribution in [0.15, 0.2) is 115 Å². The Hall–Kier alpha value is -2.50. The first-order valence-electron chi connectivity index (χ1n) is 9.52. The maximum absolute atomic E-state index is 2.27. The van der Waals surface area contributed by atoms with Crippen molar-refractivity contribution < 1.29 is 24.2 Å². The first-order chi connectivity index (χ1) is 13.8. The van der Waals surface area contributed by atoms with Gasteiger partial charge in [0.25, 0.3) is 0 Å². The standard InChI is InChI=1S/C14H11.C13H10.Zr/c1-2-6-11(5-1)14-9-12-7-3-4-8-13(12)10-14;1-3-7-12(8-4-1)11-13-9-5-2-6-10-13;/h1-5,7-10H,6H2;1-10H;/q-1;;. The molecule has 0 fully saturated rings. The first kappa shape index (κ1) is 18.8. The molecule has 0 N–H and O–H groups in total. The quantitative estimate of drug-likeness (QED) is 0.313. The Balaban J connectivity index is 0.000000137. The van der Waals surface area contributed by atoms with Crippen molar-refractivity contribution in [2.24, 2.45) is 0 Å². The monoisotopic (exact) mass is 435 g/mol. The third kappa shape index (κ3) is 4.49. The molecule has 0 saturated carbocycles. The van der Waals surface area contributed by atoms with Gasteiger partial charge in [0.1, 0.15) is 0 Å². The predicted molar refractivity (Wildman–Crippen MR) is 117 cm³/mol. The molecule has 0 spiro atoms. The number of fused-ring (bicyclic) bond motifs is 1. The fourth-order valence-electron chi connectivity index (χ4n) is 3.37. The van der Waals surface area contributed by atoms with Gasteiger partial charge in [-0.25, -0.2) is 0 Å². The summed E-state index contributed by atoms with van der Waals surface area (Å²) in [6, 6.07) is 34.2. The molecular weight excluding hydrogens is 416 g/mol. The molecule has 0 radical (unpaired) electrons. The van der Waals surface area contributed by atoms with Crippen molar-refractivity contribution >= 4 is 19.6 Å². The molecule has 1 aliphatic carbocycles. The molecule has 0 nitrogen and oxygen atoms in total. The summed E-state index contributed by atoms with van der Waals surface area (Å²) in [4.78, 5) is 0. The molecule has 134 valence electrons. The SMILES string of the molecule is C1=CCC(c2cc3ccccc3[cH-]2)=C1.[Zr]=[C](c1ccccc1)c1ccccc1. The topological polar surface area (TPSA) is 0 Å². The van der Waals surface area contributed by atoms with E-state index in [-0.39, 0.29) is 0 Å². The molecule has 0 bridgehead atoms. The van der Waals surface area contributed by atoms with E-state index in [1.54, 1.807) is 0 Å². The third-order valence-electron chi connectivity index (χ3n) is 4.88. The van der Waals surface area contributed by atoms with Crippen LogP contribution in [0.3, 0.4) is 0 Å². The van der Waals surface area contributed by atoms with Crippen molar-refractivity contribution in [2.75, 3.05) is 0 Å². The van der Waals surface area contributed by atoms with Gasteiger partial charge >= 0.3 is 99.2 Å². The molecule has 0 amide bonds. The van der Waals surface area contributed by atoms with Gasteiger partial charge in [0.15, 0.2) is 0 Å². The minimum absolute atomic E-state index is 1.08. The molecule has 0 aromatic heterocycles. The zero-order chi connectivity index (χ0) is 19.2. The average molecular weight is 437 g/mol. The van der Waals surface area contributed by atoms with Crippen molar-refractivity contribution in [3.05, 3.63) is 132 Å². The molecule has 0 atom stereocenters. The number of allylic oxidation sites excluding steroid dienone is 4. The number of rotatable bonds is 3. The van der Waals surface area contributed by atoms with Gasteiger partial charge < -0.3 is 0 Å². The van der Waals surface area contributed by atoms with Crippen LogP contribution in [-0.4, -0.2) is 3.21 Å². The van der Waals surface area contributed by atoms with Crippen LogP contribution in [0.4, 0.5) is 0 Å². The first-order valence-corrected chi connectivity index (χ1v) is 10.7. The summed E-state index contributed by atoms with van der Waals surface area (Å²) < 4.78 is 1.42. The third-order valence-corrected chi connectivity index (χ3v) is 6.30. The van der Waals surface area contributed by atoms with Gasteiger partial charge in [-0.2, -0.15) is 0 Å². The molecule has 4 aromatic rings. The Bertz CT molecular complexity index is 1050. The Morgan fingerprint density at radius 2 is 1.36 bits per heavy atom. The summed E-state index contributed by atoms with van der Waals surface area (Å²) in [7, 11) is 0. The molecule has 0 saturated heterocycles. The van der Waals surface area contributed by atoms with Gasteiger partial charge in [-0.15, -0.1) is 40.1 Å². The van der Waals surface area contributed by atoms with Crippen LogP contribution in [0.1, 0.15) is 23.1 Å². The maximum atomic E-state index is 2.27. The number of hydrogen-bond acceptors (Lipinski definition) is 0. The van der Waals surface area contributed by atoms with Gasteiger partial charge in [0.05, 0.1) is 0 Å². The molecule has 28 heavy (non-hydrogen) atoms.